The predicted octanol–water partition coefficient (Wildman–Crippen LogP) is 2.20. The molecule has 2 N–H and O–H groups in total. The molecule has 0 aliphatic rings. The van der Waals surface area contributed by atoms with Gasteiger partial charge in [0.1, 0.15) is 12.0 Å². The highest BCUT2D eigenvalue weighted by molar-refractivity contribution is 5.64. The van der Waals surface area contributed by atoms with Crippen molar-refractivity contribution in [1.82, 2.24) is 0 Å². The molecule has 1 aromatic carbocycles. The number of rotatable bonds is 2. The number of methoxy groups -OCH3 is 1. The van der Waals surface area contributed by atoms with Crippen LogP contribution in [-0.4, -0.2) is 17.3 Å². The lowest BCUT2D eigenvalue weighted by Gasteiger charge is -2.07. The molecule has 0 spiro atoms. The van der Waals surface area contributed by atoms with Crippen LogP contribution >= 0.6 is 0 Å². The van der Waals surface area contributed by atoms with E-state index in [1.165, 1.54) is 7.11 Å². The number of hydrogen-bond acceptors (Lipinski definition) is 3. The van der Waals surface area contributed by atoms with Gasteiger partial charge >= 0.3 is 0 Å². The Hall–Kier alpha value is -1.64. The molecule has 1 aromatic rings. The predicted molar refractivity (Wildman–Crippen MR) is 50.5 cm³/mol. The van der Waals surface area contributed by atoms with Gasteiger partial charge in [-0.05, 0) is 24.6 Å². The van der Waals surface area contributed by atoms with Crippen molar-refractivity contribution in [2.75, 3.05) is 7.11 Å². The molecule has 3 heteroatoms. The molecule has 0 saturated heterocycles. The number of hydrogen-bond donors (Lipinski definition) is 2. The van der Waals surface area contributed by atoms with Gasteiger partial charge in [-0.15, -0.1) is 0 Å². The second-order valence-electron chi connectivity index (χ2n) is 2.72. The van der Waals surface area contributed by atoms with E-state index in [1.54, 1.807) is 12.1 Å². The van der Waals surface area contributed by atoms with E-state index < -0.39 is 0 Å². The lowest BCUT2D eigenvalue weighted by atomic mass is 10.1. The quantitative estimate of drug-likeness (QED) is 0.686. The highest BCUT2D eigenvalue weighted by atomic mass is 16.5. The van der Waals surface area contributed by atoms with Crippen LogP contribution in [0.2, 0.25) is 0 Å². The van der Waals surface area contributed by atoms with Crippen molar-refractivity contribution in [3.05, 3.63) is 35.6 Å². The van der Waals surface area contributed by atoms with Crippen molar-refractivity contribution in [3.8, 4) is 5.75 Å². The molecule has 0 aliphatic heterocycles. The van der Waals surface area contributed by atoms with Crippen molar-refractivity contribution in [2.24, 2.45) is 0 Å². The van der Waals surface area contributed by atoms with Gasteiger partial charge in [0.05, 0.1) is 12.7 Å². The summed E-state index contributed by atoms with van der Waals surface area (Å²) in [4.78, 5) is 0. The zero-order valence-electron chi connectivity index (χ0n) is 7.61. The van der Waals surface area contributed by atoms with Gasteiger partial charge in [0.15, 0.2) is 5.76 Å². The summed E-state index contributed by atoms with van der Waals surface area (Å²) in [5.41, 5.74) is 1.44. The number of ether oxygens (including phenoxy) is 1. The molecule has 0 unspecified atom stereocenters. The SMILES string of the molecule is CO/C(=C\O)c1ccc(C)cc1O. The van der Waals surface area contributed by atoms with Gasteiger partial charge in [-0.25, -0.2) is 0 Å². The van der Waals surface area contributed by atoms with E-state index in [0.717, 1.165) is 11.8 Å². The monoisotopic (exact) mass is 180 g/mol. The number of benzene rings is 1. The maximum Gasteiger partial charge on any atom is 0.163 e. The minimum absolute atomic E-state index is 0.0992. The molecule has 0 heterocycles. The standard InChI is InChI=1S/C10H12O3/c1-7-3-4-8(9(12)5-7)10(6-11)13-2/h3-6,11-12H,1-2H3/b10-6-. The van der Waals surface area contributed by atoms with Gasteiger partial charge in [0, 0.05) is 0 Å². The molecule has 1 rings (SSSR count). The van der Waals surface area contributed by atoms with Gasteiger partial charge in [0.25, 0.3) is 0 Å². The molecule has 0 saturated carbocycles. The van der Waals surface area contributed by atoms with E-state index >= 15 is 0 Å². The van der Waals surface area contributed by atoms with Crippen molar-refractivity contribution in [1.29, 1.82) is 0 Å². The zero-order chi connectivity index (χ0) is 9.84. The van der Waals surface area contributed by atoms with Gasteiger partial charge in [-0.3, -0.25) is 0 Å². The number of aromatic hydroxyl groups is 1. The summed E-state index contributed by atoms with van der Waals surface area (Å²) in [6, 6.07) is 5.13. The first-order valence-electron chi connectivity index (χ1n) is 3.87. The maximum atomic E-state index is 9.49. The van der Waals surface area contributed by atoms with Crippen LogP contribution in [0.25, 0.3) is 5.76 Å². The first kappa shape index (κ1) is 9.45. The molecule has 0 atom stereocenters. The fourth-order valence-corrected chi connectivity index (χ4v) is 1.08. The van der Waals surface area contributed by atoms with Crippen molar-refractivity contribution in [3.63, 3.8) is 0 Å². The van der Waals surface area contributed by atoms with E-state index in [0.29, 0.717) is 5.56 Å². The van der Waals surface area contributed by atoms with Gasteiger partial charge in [0.2, 0.25) is 0 Å². The third-order valence-electron chi connectivity index (χ3n) is 1.76. The van der Waals surface area contributed by atoms with E-state index in [2.05, 4.69) is 0 Å². The molecule has 0 fully saturated rings. The number of aryl methyl sites for hydroxylation is 1. The third-order valence-corrected chi connectivity index (χ3v) is 1.76. The second kappa shape index (κ2) is 3.85. The molecule has 13 heavy (non-hydrogen) atoms. The smallest absolute Gasteiger partial charge is 0.163 e. The fourth-order valence-electron chi connectivity index (χ4n) is 1.08. The summed E-state index contributed by atoms with van der Waals surface area (Å²) < 4.78 is 4.86. The lowest BCUT2D eigenvalue weighted by molar-refractivity contribution is 0.345. The van der Waals surface area contributed by atoms with E-state index in [-0.39, 0.29) is 11.5 Å². The molecular weight excluding hydrogens is 168 g/mol. The zero-order valence-corrected chi connectivity index (χ0v) is 7.61. The van der Waals surface area contributed by atoms with Crippen LogP contribution in [0, 0.1) is 6.92 Å². The van der Waals surface area contributed by atoms with Crippen LogP contribution in [0.5, 0.6) is 5.75 Å². The van der Waals surface area contributed by atoms with E-state index in [9.17, 15) is 5.11 Å². The number of aliphatic hydroxyl groups excluding tert-OH is 1. The Bertz CT molecular complexity index is 329. The number of phenols is 1. The lowest BCUT2D eigenvalue weighted by Crippen LogP contribution is -1.88. The molecule has 0 radical (unpaired) electrons. The third kappa shape index (κ3) is 1.93. The van der Waals surface area contributed by atoms with Crippen molar-refractivity contribution >= 4 is 5.76 Å². The first-order valence-corrected chi connectivity index (χ1v) is 3.87. The molecule has 0 bridgehead atoms. The summed E-state index contributed by atoms with van der Waals surface area (Å²) in [5, 5.41) is 18.3. The minimum atomic E-state index is 0.0992. The molecule has 0 aromatic heterocycles. The Morgan fingerprint density at radius 1 is 1.46 bits per heavy atom. The molecular formula is C10H12O3. The molecule has 3 nitrogen and oxygen atoms in total. The average Bonchev–Trinajstić information content (AvgIpc) is 2.10. The highest BCUT2D eigenvalue weighted by Crippen LogP contribution is 2.25. The Balaban J connectivity index is 3.15. The Labute approximate surface area is 76.9 Å². The average molecular weight is 180 g/mol. The summed E-state index contributed by atoms with van der Waals surface area (Å²) in [6.07, 6.45) is 0.824. The largest absolute Gasteiger partial charge is 0.512 e. The van der Waals surface area contributed by atoms with Crippen molar-refractivity contribution < 1.29 is 14.9 Å². The van der Waals surface area contributed by atoms with E-state index in [4.69, 9.17) is 9.84 Å². The van der Waals surface area contributed by atoms with Crippen molar-refractivity contribution in [2.45, 2.75) is 6.92 Å². The summed E-state index contributed by atoms with van der Waals surface area (Å²) in [7, 11) is 1.43. The number of phenolic OH excluding ortho intramolecular Hbond substituents is 1. The molecule has 0 aliphatic carbocycles. The van der Waals surface area contributed by atoms with Crippen LogP contribution in [0.15, 0.2) is 24.5 Å². The van der Waals surface area contributed by atoms with Crippen LogP contribution in [-0.2, 0) is 4.74 Å². The van der Waals surface area contributed by atoms with Gasteiger partial charge in [-0.2, -0.15) is 0 Å². The van der Waals surface area contributed by atoms with Gasteiger partial charge < -0.3 is 14.9 Å². The van der Waals surface area contributed by atoms with Gasteiger partial charge in [-0.1, -0.05) is 6.07 Å². The molecule has 70 valence electrons. The summed E-state index contributed by atoms with van der Waals surface area (Å²) in [5.74, 6) is 0.347. The van der Waals surface area contributed by atoms with Crippen LogP contribution in [0.1, 0.15) is 11.1 Å². The summed E-state index contributed by atoms with van der Waals surface area (Å²) in [6.45, 7) is 1.87. The maximum absolute atomic E-state index is 9.49. The highest BCUT2D eigenvalue weighted by Gasteiger charge is 2.06. The van der Waals surface area contributed by atoms with E-state index in [1.807, 2.05) is 13.0 Å². The van der Waals surface area contributed by atoms with Crippen LogP contribution in [0.3, 0.4) is 0 Å². The van der Waals surface area contributed by atoms with Crippen LogP contribution in [0.4, 0.5) is 0 Å². The van der Waals surface area contributed by atoms with Crippen LogP contribution < -0.4 is 0 Å². The fraction of sp³-hybridized carbons (Fsp3) is 0.200. The second-order valence-corrected chi connectivity index (χ2v) is 2.72. The Morgan fingerprint density at radius 2 is 2.15 bits per heavy atom. The normalized spacial score (nSPS) is 11.4. The molecule has 0 amide bonds. The Morgan fingerprint density at radius 3 is 2.62 bits per heavy atom. The topological polar surface area (TPSA) is 49.7 Å². The Kier molecular flexibility index (Phi) is 2.80. The summed E-state index contributed by atoms with van der Waals surface area (Å²) >= 11 is 0. The first-order chi connectivity index (χ1) is 6.19. The minimum Gasteiger partial charge on any atom is -0.512 e. The number of aliphatic hydroxyl groups is 1.